The number of hydrogen-bond acceptors (Lipinski definition) is 4. The maximum Gasteiger partial charge on any atom is 0.329 e. The normalized spacial score (nSPS) is 11.2. The topological polar surface area (TPSA) is 92.9 Å². The minimum absolute atomic E-state index is 0.119. The van der Waals surface area contributed by atoms with E-state index in [0.717, 1.165) is 0 Å². The minimum atomic E-state index is -0.515. The van der Waals surface area contributed by atoms with Crippen LogP contribution in [0.4, 0.5) is 0 Å². The second-order valence-corrected chi connectivity index (χ2v) is 3.96. The van der Waals surface area contributed by atoms with Gasteiger partial charge < -0.3 is 9.67 Å². The molecule has 7 nitrogen and oxygen atoms in total. The molecule has 0 fully saturated rings. The van der Waals surface area contributed by atoms with Crippen molar-refractivity contribution in [2.24, 2.45) is 7.05 Å². The number of nitrogens with zero attached hydrogens (tertiary/aromatic N) is 3. The van der Waals surface area contributed by atoms with Crippen LogP contribution in [-0.2, 0) is 13.6 Å². The minimum Gasteiger partial charge on any atom is -0.395 e. The Morgan fingerprint density at radius 3 is 2.81 bits per heavy atom. The molecule has 0 unspecified atom stereocenters. The average molecular weight is 289 g/mol. The van der Waals surface area contributed by atoms with E-state index in [-0.39, 0.29) is 24.3 Å². The van der Waals surface area contributed by atoms with E-state index in [2.05, 4.69) is 25.9 Å². The zero-order valence-electron chi connectivity index (χ0n) is 8.40. The lowest BCUT2D eigenvalue weighted by Gasteiger charge is -2.02. The molecule has 2 aromatic rings. The molecule has 86 valence electrons. The van der Waals surface area contributed by atoms with E-state index in [1.807, 2.05) is 0 Å². The first-order chi connectivity index (χ1) is 7.56. The van der Waals surface area contributed by atoms with Gasteiger partial charge >= 0.3 is 5.69 Å². The van der Waals surface area contributed by atoms with Gasteiger partial charge in [0, 0.05) is 13.6 Å². The zero-order valence-corrected chi connectivity index (χ0v) is 9.98. The predicted octanol–water partition coefficient (Wildman–Crippen LogP) is -0.822. The lowest BCUT2D eigenvalue weighted by Crippen LogP contribution is -2.29. The van der Waals surface area contributed by atoms with Crippen molar-refractivity contribution in [3.8, 4) is 0 Å². The first kappa shape index (κ1) is 11.1. The fourth-order valence-corrected chi connectivity index (χ4v) is 2.03. The van der Waals surface area contributed by atoms with Crippen molar-refractivity contribution in [1.29, 1.82) is 0 Å². The largest absolute Gasteiger partial charge is 0.395 e. The van der Waals surface area contributed by atoms with Crippen LogP contribution in [-0.4, -0.2) is 30.8 Å². The highest BCUT2D eigenvalue weighted by molar-refractivity contribution is 9.10. The van der Waals surface area contributed by atoms with Crippen molar-refractivity contribution >= 4 is 27.1 Å². The lowest BCUT2D eigenvalue weighted by molar-refractivity contribution is 0.276. The number of fused-ring (bicyclic) bond motifs is 1. The molecule has 2 rings (SSSR count). The molecule has 0 aromatic carbocycles. The third-order valence-electron chi connectivity index (χ3n) is 2.28. The summed E-state index contributed by atoms with van der Waals surface area (Å²) in [5.74, 6) is 0. The highest BCUT2D eigenvalue weighted by Crippen LogP contribution is 2.15. The molecule has 0 saturated carbocycles. The van der Waals surface area contributed by atoms with E-state index in [1.165, 1.54) is 16.2 Å². The molecule has 0 amide bonds. The van der Waals surface area contributed by atoms with Gasteiger partial charge in [-0.05, 0) is 15.9 Å². The van der Waals surface area contributed by atoms with Gasteiger partial charge in [0.25, 0.3) is 5.56 Å². The standard InChI is InChI=1S/C8H9BrN4O3/c1-12-5-4(6(15)11-8(12)16)13(2-3-14)7(9)10-5/h14H,2-3H2,1H3,(H,11,15,16). The van der Waals surface area contributed by atoms with Crippen LogP contribution in [0.15, 0.2) is 14.3 Å². The Kier molecular flexibility index (Phi) is 2.68. The molecule has 0 bridgehead atoms. The number of imidazole rings is 1. The molecule has 2 heterocycles. The molecule has 0 spiro atoms. The molecular formula is C8H9BrN4O3. The molecule has 0 aliphatic carbocycles. The van der Waals surface area contributed by atoms with Gasteiger partial charge in [-0.3, -0.25) is 14.3 Å². The van der Waals surface area contributed by atoms with Crippen LogP contribution in [0.1, 0.15) is 0 Å². The summed E-state index contributed by atoms with van der Waals surface area (Å²) in [7, 11) is 1.52. The Bertz CT molecular complexity index is 654. The Morgan fingerprint density at radius 1 is 1.50 bits per heavy atom. The Hall–Kier alpha value is -1.41. The first-order valence-electron chi connectivity index (χ1n) is 4.52. The summed E-state index contributed by atoms with van der Waals surface area (Å²) in [6, 6.07) is 0. The van der Waals surface area contributed by atoms with Crippen molar-refractivity contribution in [2.75, 3.05) is 6.61 Å². The van der Waals surface area contributed by atoms with Gasteiger partial charge in [-0.15, -0.1) is 0 Å². The summed E-state index contributed by atoms with van der Waals surface area (Å²) < 4.78 is 3.16. The quantitative estimate of drug-likeness (QED) is 0.706. The molecule has 2 N–H and O–H groups in total. The van der Waals surface area contributed by atoms with Gasteiger partial charge in [0.15, 0.2) is 15.9 Å². The summed E-state index contributed by atoms with van der Waals surface area (Å²) >= 11 is 3.18. The second kappa shape index (κ2) is 3.87. The molecular weight excluding hydrogens is 280 g/mol. The number of rotatable bonds is 2. The molecule has 0 aliphatic heterocycles. The van der Waals surface area contributed by atoms with Crippen molar-refractivity contribution < 1.29 is 5.11 Å². The zero-order chi connectivity index (χ0) is 11.9. The number of aryl methyl sites for hydroxylation is 1. The summed E-state index contributed by atoms with van der Waals surface area (Å²) in [6.45, 7) is 0.116. The molecule has 2 aromatic heterocycles. The molecule has 16 heavy (non-hydrogen) atoms. The number of hydrogen-bond donors (Lipinski definition) is 2. The number of nitrogens with one attached hydrogen (secondary N) is 1. The number of aromatic amines is 1. The van der Waals surface area contributed by atoms with Crippen molar-refractivity contribution in [3.05, 3.63) is 25.6 Å². The Morgan fingerprint density at radius 2 is 2.19 bits per heavy atom. The first-order valence-corrected chi connectivity index (χ1v) is 5.31. The lowest BCUT2D eigenvalue weighted by atomic mass is 10.5. The third kappa shape index (κ3) is 1.50. The maximum atomic E-state index is 11.6. The van der Waals surface area contributed by atoms with Crippen LogP contribution in [0.5, 0.6) is 0 Å². The van der Waals surface area contributed by atoms with Gasteiger partial charge in [-0.25, -0.2) is 9.78 Å². The highest BCUT2D eigenvalue weighted by atomic mass is 79.9. The summed E-state index contributed by atoms with van der Waals surface area (Å²) in [5, 5.41) is 8.89. The second-order valence-electron chi connectivity index (χ2n) is 3.25. The number of aliphatic hydroxyl groups is 1. The fourth-order valence-electron chi connectivity index (χ4n) is 1.51. The smallest absolute Gasteiger partial charge is 0.329 e. The average Bonchev–Trinajstić information content (AvgIpc) is 2.54. The van der Waals surface area contributed by atoms with E-state index in [9.17, 15) is 9.59 Å². The van der Waals surface area contributed by atoms with Gasteiger partial charge in [0.05, 0.1) is 6.61 Å². The monoisotopic (exact) mass is 288 g/mol. The van der Waals surface area contributed by atoms with Crippen LogP contribution in [0.3, 0.4) is 0 Å². The Labute approximate surface area is 97.5 Å². The molecule has 0 saturated heterocycles. The van der Waals surface area contributed by atoms with Crippen molar-refractivity contribution in [1.82, 2.24) is 19.1 Å². The van der Waals surface area contributed by atoms with E-state index < -0.39 is 11.2 Å². The van der Waals surface area contributed by atoms with Crippen LogP contribution in [0.2, 0.25) is 0 Å². The van der Waals surface area contributed by atoms with E-state index in [0.29, 0.717) is 4.73 Å². The van der Waals surface area contributed by atoms with Gasteiger partial charge in [-0.2, -0.15) is 0 Å². The van der Waals surface area contributed by atoms with Gasteiger partial charge in [-0.1, -0.05) is 0 Å². The molecule has 0 aliphatic rings. The number of aliphatic hydroxyl groups excluding tert-OH is 1. The molecule has 0 radical (unpaired) electrons. The van der Waals surface area contributed by atoms with Gasteiger partial charge in [0.1, 0.15) is 0 Å². The Balaban J connectivity index is 2.95. The van der Waals surface area contributed by atoms with E-state index >= 15 is 0 Å². The third-order valence-corrected chi connectivity index (χ3v) is 2.89. The summed E-state index contributed by atoms with van der Waals surface area (Å²) in [5.41, 5.74) is -0.472. The van der Waals surface area contributed by atoms with Crippen LogP contribution in [0, 0.1) is 0 Å². The van der Waals surface area contributed by atoms with Crippen LogP contribution < -0.4 is 11.2 Å². The van der Waals surface area contributed by atoms with E-state index in [4.69, 9.17) is 5.11 Å². The summed E-state index contributed by atoms with van der Waals surface area (Å²) in [4.78, 5) is 29.2. The SMILES string of the molecule is Cn1c(=O)[nH]c(=O)c2c1nc(Br)n2CCO. The number of halogens is 1. The van der Waals surface area contributed by atoms with Gasteiger partial charge in [0.2, 0.25) is 0 Å². The maximum absolute atomic E-state index is 11.6. The van der Waals surface area contributed by atoms with Crippen molar-refractivity contribution in [2.45, 2.75) is 6.54 Å². The van der Waals surface area contributed by atoms with Crippen LogP contribution in [0.25, 0.3) is 11.2 Å². The fraction of sp³-hybridized carbons (Fsp3) is 0.375. The van der Waals surface area contributed by atoms with E-state index in [1.54, 1.807) is 0 Å². The number of H-pyrrole nitrogens is 1. The number of aromatic nitrogens is 4. The summed E-state index contributed by atoms with van der Waals surface area (Å²) in [6.07, 6.45) is 0. The molecule has 8 heteroatoms. The van der Waals surface area contributed by atoms with Crippen LogP contribution >= 0.6 is 15.9 Å². The molecule has 0 atom stereocenters. The highest BCUT2D eigenvalue weighted by Gasteiger charge is 2.14. The predicted molar refractivity (Wildman–Crippen MR) is 60.4 cm³/mol. The van der Waals surface area contributed by atoms with Crippen molar-refractivity contribution in [3.63, 3.8) is 0 Å².